The van der Waals surface area contributed by atoms with Crippen LogP contribution in [0.25, 0.3) is 22.3 Å². The number of nitrogens with zero attached hydrogens (tertiary/aromatic N) is 7. The zero-order valence-electron chi connectivity index (χ0n) is 28.7. The van der Waals surface area contributed by atoms with Crippen molar-refractivity contribution in [2.24, 2.45) is 5.92 Å². The van der Waals surface area contributed by atoms with E-state index in [1.807, 2.05) is 0 Å². The van der Waals surface area contributed by atoms with Crippen LogP contribution in [-0.2, 0) is 35.1 Å². The van der Waals surface area contributed by atoms with Gasteiger partial charge in [0.1, 0.15) is 30.7 Å². The molecule has 2 fully saturated rings. The van der Waals surface area contributed by atoms with Gasteiger partial charge in [0.15, 0.2) is 52.9 Å². The second-order valence-corrected chi connectivity index (χ2v) is 15.6. The second-order valence-electron chi connectivity index (χ2n) is 12.8. The summed E-state index contributed by atoms with van der Waals surface area (Å²) >= 11 is 5.16. The van der Waals surface area contributed by atoms with Gasteiger partial charge in [-0.2, -0.15) is 4.98 Å². The van der Waals surface area contributed by atoms with Crippen molar-refractivity contribution >= 4 is 64.4 Å². The van der Waals surface area contributed by atoms with Crippen LogP contribution in [0.2, 0.25) is 0 Å². The van der Waals surface area contributed by atoms with Gasteiger partial charge in [0.2, 0.25) is 11.9 Å². The van der Waals surface area contributed by atoms with Crippen LogP contribution >= 0.6 is 6.72 Å². The van der Waals surface area contributed by atoms with Crippen molar-refractivity contribution in [3.63, 3.8) is 0 Å². The number of carbonyl (C=O) groups excluding carboxylic acids is 2. The van der Waals surface area contributed by atoms with Gasteiger partial charge in [0.05, 0.1) is 25.9 Å². The van der Waals surface area contributed by atoms with Crippen molar-refractivity contribution in [2.45, 2.75) is 63.1 Å². The number of hydrogen-bond donors (Lipinski definition) is 6. The molecule has 24 heteroatoms. The summed E-state index contributed by atoms with van der Waals surface area (Å²) in [5.41, 5.74) is -0.587. The van der Waals surface area contributed by atoms with Crippen molar-refractivity contribution in [2.75, 3.05) is 23.8 Å². The number of hydrogen-bond acceptors (Lipinski definition) is 15. The van der Waals surface area contributed by atoms with Crippen LogP contribution in [0.3, 0.4) is 0 Å². The molecule has 9 atom stereocenters. The number of ether oxygens (including phenoxy) is 2. The molecule has 7 rings (SSSR count). The lowest BCUT2D eigenvalue weighted by atomic mass is 10.1. The number of alkyl halides is 2. The van der Waals surface area contributed by atoms with E-state index in [9.17, 15) is 29.5 Å². The summed E-state index contributed by atoms with van der Waals surface area (Å²) in [4.78, 5) is 71.8. The lowest BCUT2D eigenvalue weighted by Gasteiger charge is -2.26. The van der Waals surface area contributed by atoms with Gasteiger partial charge in [-0.25, -0.2) is 28.7 Å². The number of fused-ring (bicyclic) bond motifs is 2. The third kappa shape index (κ3) is 7.62. The summed E-state index contributed by atoms with van der Waals surface area (Å²) < 4.78 is 55.9. The minimum absolute atomic E-state index is 0.0398. The number of H-pyrrole nitrogens is 1. The van der Waals surface area contributed by atoms with E-state index >= 15 is 8.78 Å². The van der Waals surface area contributed by atoms with Gasteiger partial charge in [-0.05, 0) is 23.9 Å². The van der Waals surface area contributed by atoms with Gasteiger partial charge in [-0.1, -0.05) is 32.0 Å². The Morgan fingerprint density at radius 1 is 1.00 bits per heavy atom. The van der Waals surface area contributed by atoms with E-state index in [0.29, 0.717) is 5.56 Å². The monoisotopic (exact) mass is 806 g/mol. The van der Waals surface area contributed by atoms with E-state index in [1.54, 1.807) is 44.2 Å². The summed E-state index contributed by atoms with van der Waals surface area (Å²) in [6, 6.07) is 8.33. The van der Waals surface area contributed by atoms with Crippen molar-refractivity contribution < 1.29 is 52.0 Å². The van der Waals surface area contributed by atoms with E-state index in [1.165, 1.54) is 10.9 Å². The number of anilines is 2. The van der Waals surface area contributed by atoms with Gasteiger partial charge in [-0.15, -0.1) is 0 Å². The van der Waals surface area contributed by atoms with Crippen LogP contribution in [0, 0.1) is 5.92 Å². The van der Waals surface area contributed by atoms with Gasteiger partial charge in [0, 0.05) is 11.5 Å². The quantitative estimate of drug-likeness (QED) is 0.0969. The Bertz CT molecular complexity index is 2330. The first-order valence-electron chi connectivity index (χ1n) is 16.6. The van der Waals surface area contributed by atoms with Gasteiger partial charge >= 0.3 is 6.72 Å². The lowest BCUT2D eigenvalue weighted by molar-refractivity contribution is -0.118. The molecular formula is C31H33F2N10O10PS. The number of nitrogens with one attached hydrogen (secondary N) is 3. The standard InChI is InChI=1S/C31H33F2N10O10PS/c1-13(2)26(46)40-31-39-25-20(28(48)41-31)37-12-43(25)30-22(17(32)15(8-44)51-30)53-54(49,55)50-9-16-21(45)18(33)29(52-16)42-11-36-19-23(34-10-35-24(19)42)38-27(47)14-6-4-3-5-7-14/h3-7,10-13,15-18,21-22,29-30,44-45H,8-9H2,1-2H3,(H,49,55)(H,34,35,38,47)(H2,39,40,41,46,48)/t15-,16+,17+,18+,21+,22+,29-,30+,54?/m0/s1. The number of carbonyl (C=O) groups is 2. The molecule has 0 aliphatic carbocycles. The number of imidazole rings is 2. The Balaban J connectivity index is 1.06. The predicted octanol–water partition coefficient (Wildman–Crippen LogP) is 1.25. The van der Waals surface area contributed by atoms with E-state index < -0.39 is 92.4 Å². The van der Waals surface area contributed by atoms with Crippen LogP contribution in [0.5, 0.6) is 0 Å². The highest BCUT2D eigenvalue weighted by Crippen LogP contribution is 2.51. The maximum Gasteiger partial charge on any atom is 0.325 e. The fourth-order valence-corrected chi connectivity index (χ4v) is 7.33. The number of aliphatic hydroxyl groups excluding tert-OH is 2. The summed E-state index contributed by atoms with van der Waals surface area (Å²) in [5, 5.41) is 25.7. The fraction of sp³-hybridized carbons (Fsp3) is 0.419. The van der Waals surface area contributed by atoms with Gasteiger partial charge in [-0.3, -0.25) is 38.3 Å². The third-order valence-electron chi connectivity index (χ3n) is 8.77. The summed E-state index contributed by atoms with van der Waals surface area (Å²) in [6.07, 6.45) is -10.3. The molecule has 20 nitrogen and oxygen atoms in total. The maximum absolute atomic E-state index is 15.7. The van der Waals surface area contributed by atoms with Crippen LogP contribution in [-0.4, -0.2) is 116 Å². The third-order valence-corrected chi connectivity index (χ3v) is 10.3. The normalized spacial score (nSPS) is 26.5. The van der Waals surface area contributed by atoms with E-state index in [4.69, 9.17) is 30.3 Å². The molecule has 0 spiro atoms. The number of aliphatic hydroxyl groups is 2. The Hall–Kier alpha value is -4.71. The summed E-state index contributed by atoms with van der Waals surface area (Å²) in [6.45, 7) is -2.77. The number of amides is 2. The minimum Gasteiger partial charge on any atom is -0.394 e. The molecule has 2 amide bonds. The molecular weight excluding hydrogens is 773 g/mol. The molecule has 292 valence electrons. The molecule has 5 aromatic rings. The Morgan fingerprint density at radius 2 is 1.69 bits per heavy atom. The van der Waals surface area contributed by atoms with Crippen LogP contribution in [0.4, 0.5) is 20.5 Å². The highest BCUT2D eigenvalue weighted by molar-refractivity contribution is 8.07. The SMILES string of the molecule is CC(C)C(=O)Nc1nc2c(ncn2[C@@H]2O[C@@H](CO)[C@@H](F)[C@H]2OP(O)(=S)OC[C@H]2O[C@H](n3cnc4c(NC(=O)c5ccccc5)ncnc43)[C@H](F)[C@@H]2O)c(=O)[nH]1. The molecule has 6 N–H and O–H groups in total. The largest absolute Gasteiger partial charge is 0.394 e. The number of aromatic nitrogens is 8. The second kappa shape index (κ2) is 15.4. The fourth-order valence-electron chi connectivity index (χ4n) is 5.93. The first-order valence-corrected chi connectivity index (χ1v) is 19.2. The molecule has 1 unspecified atom stereocenters. The van der Waals surface area contributed by atoms with E-state index in [2.05, 4.69) is 40.5 Å². The molecule has 0 saturated carbocycles. The summed E-state index contributed by atoms with van der Waals surface area (Å²) in [7, 11) is 0. The molecule has 1 aromatic carbocycles. The van der Waals surface area contributed by atoms with Crippen LogP contribution in [0.1, 0.15) is 36.7 Å². The molecule has 4 aromatic heterocycles. The molecule has 2 saturated heterocycles. The molecule has 2 aliphatic rings. The number of aromatic amines is 1. The average Bonchev–Trinajstić information content (AvgIpc) is 3.92. The maximum atomic E-state index is 15.7. The predicted molar refractivity (Wildman–Crippen MR) is 189 cm³/mol. The van der Waals surface area contributed by atoms with Crippen molar-refractivity contribution in [1.82, 2.24) is 39.0 Å². The number of halogens is 2. The minimum atomic E-state index is -4.47. The highest BCUT2D eigenvalue weighted by atomic mass is 32.5. The van der Waals surface area contributed by atoms with Crippen LogP contribution in [0.15, 0.2) is 54.1 Å². The first kappa shape index (κ1) is 38.6. The molecule has 0 radical (unpaired) electrons. The van der Waals surface area contributed by atoms with Crippen molar-refractivity contribution in [1.29, 1.82) is 0 Å². The van der Waals surface area contributed by atoms with Crippen LogP contribution < -0.4 is 16.2 Å². The summed E-state index contributed by atoms with van der Waals surface area (Å²) in [5.74, 6) is -1.58. The smallest absolute Gasteiger partial charge is 0.325 e. The number of benzene rings is 1. The molecule has 0 bridgehead atoms. The topological polar surface area (TPSA) is 263 Å². The zero-order chi connectivity index (χ0) is 39.2. The van der Waals surface area contributed by atoms with E-state index in [-0.39, 0.29) is 34.1 Å². The molecule has 6 heterocycles. The van der Waals surface area contributed by atoms with Gasteiger partial charge < -0.3 is 34.4 Å². The lowest BCUT2D eigenvalue weighted by Crippen LogP contribution is -2.33. The Morgan fingerprint density at radius 3 is 2.40 bits per heavy atom. The highest BCUT2D eigenvalue weighted by Gasteiger charge is 2.51. The average molecular weight is 807 g/mol. The first-order chi connectivity index (χ1) is 26.3. The van der Waals surface area contributed by atoms with Crippen molar-refractivity contribution in [3.8, 4) is 0 Å². The van der Waals surface area contributed by atoms with E-state index in [0.717, 1.165) is 17.2 Å². The molecule has 55 heavy (non-hydrogen) atoms. The Kier molecular flexibility index (Phi) is 10.8. The number of rotatable bonds is 12. The Labute approximate surface area is 313 Å². The van der Waals surface area contributed by atoms with Gasteiger partial charge in [0.25, 0.3) is 11.5 Å². The molecule has 2 aliphatic heterocycles. The van der Waals surface area contributed by atoms with Crippen molar-refractivity contribution in [3.05, 3.63) is 65.2 Å². The zero-order valence-corrected chi connectivity index (χ0v) is 30.4.